The Kier molecular flexibility index (Phi) is 4.24. The molecule has 1 aromatic carbocycles. The van der Waals surface area contributed by atoms with E-state index in [1.54, 1.807) is 12.1 Å². The van der Waals surface area contributed by atoms with Crippen LogP contribution in [-0.2, 0) is 6.42 Å². The molecule has 1 aliphatic heterocycles. The highest BCUT2D eigenvalue weighted by Gasteiger charge is 2.22. The molecule has 2 unspecified atom stereocenters. The van der Waals surface area contributed by atoms with Gasteiger partial charge in [0.05, 0.1) is 6.10 Å². The van der Waals surface area contributed by atoms with Crippen LogP contribution in [0.2, 0.25) is 0 Å². The molecule has 1 aromatic rings. The van der Waals surface area contributed by atoms with E-state index in [2.05, 4.69) is 0 Å². The first kappa shape index (κ1) is 11.9. The fraction of sp³-hybridized carbons (Fsp3) is 0.538. The van der Waals surface area contributed by atoms with Crippen LogP contribution in [0.1, 0.15) is 24.8 Å². The zero-order valence-corrected chi connectivity index (χ0v) is 10.0. The molecule has 88 valence electrons. The third kappa shape index (κ3) is 3.22. The molecule has 2 rings (SSSR count). The zero-order chi connectivity index (χ0) is 11.4. The number of hydrogen-bond acceptors (Lipinski definition) is 2. The molecule has 0 saturated carbocycles. The van der Waals surface area contributed by atoms with Gasteiger partial charge in [0.25, 0.3) is 0 Å². The molecule has 1 saturated heterocycles. The van der Waals surface area contributed by atoms with Gasteiger partial charge in [-0.05, 0) is 42.7 Å². The first-order valence-corrected chi connectivity index (χ1v) is 6.85. The number of aliphatic hydroxyl groups excluding tert-OH is 1. The molecule has 3 heteroatoms. The number of rotatable bonds is 3. The van der Waals surface area contributed by atoms with Crippen molar-refractivity contribution in [3.05, 3.63) is 35.6 Å². The summed E-state index contributed by atoms with van der Waals surface area (Å²) in [5.74, 6) is 0.941. The maximum Gasteiger partial charge on any atom is 0.123 e. The summed E-state index contributed by atoms with van der Waals surface area (Å²) in [4.78, 5) is 0. The maximum absolute atomic E-state index is 12.7. The molecule has 2 atom stereocenters. The van der Waals surface area contributed by atoms with Crippen molar-refractivity contribution in [2.45, 2.75) is 37.0 Å². The van der Waals surface area contributed by atoms with Gasteiger partial charge < -0.3 is 5.11 Å². The van der Waals surface area contributed by atoms with Gasteiger partial charge in [-0.25, -0.2) is 4.39 Å². The van der Waals surface area contributed by atoms with Crippen molar-refractivity contribution >= 4 is 11.8 Å². The minimum absolute atomic E-state index is 0.217. The lowest BCUT2D eigenvalue weighted by molar-refractivity contribution is 0.166. The molecule has 0 aliphatic carbocycles. The van der Waals surface area contributed by atoms with Crippen LogP contribution in [0.3, 0.4) is 0 Å². The molecule has 0 spiro atoms. The van der Waals surface area contributed by atoms with Crippen molar-refractivity contribution in [1.29, 1.82) is 0 Å². The van der Waals surface area contributed by atoms with E-state index in [4.69, 9.17) is 0 Å². The smallest absolute Gasteiger partial charge is 0.123 e. The highest BCUT2D eigenvalue weighted by atomic mass is 32.2. The van der Waals surface area contributed by atoms with Crippen LogP contribution in [-0.4, -0.2) is 22.2 Å². The third-order valence-corrected chi connectivity index (χ3v) is 4.50. The minimum atomic E-state index is -0.296. The molecule has 1 N–H and O–H groups in total. The molecule has 1 fully saturated rings. The van der Waals surface area contributed by atoms with Crippen LogP contribution in [0.5, 0.6) is 0 Å². The summed E-state index contributed by atoms with van der Waals surface area (Å²) >= 11 is 1.87. The van der Waals surface area contributed by atoms with Crippen LogP contribution in [0.15, 0.2) is 24.3 Å². The second-order valence-corrected chi connectivity index (χ2v) is 5.65. The predicted molar refractivity (Wildman–Crippen MR) is 66.2 cm³/mol. The van der Waals surface area contributed by atoms with Crippen molar-refractivity contribution in [1.82, 2.24) is 0 Å². The Morgan fingerprint density at radius 3 is 2.69 bits per heavy atom. The van der Waals surface area contributed by atoms with E-state index in [1.807, 2.05) is 11.8 Å². The quantitative estimate of drug-likeness (QED) is 0.876. The van der Waals surface area contributed by atoms with E-state index in [9.17, 15) is 9.50 Å². The van der Waals surface area contributed by atoms with Gasteiger partial charge in [0.15, 0.2) is 0 Å². The molecule has 1 aliphatic rings. The number of halogens is 1. The first-order chi connectivity index (χ1) is 7.75. The Morgan fingerprint density at radius 2 is 2.06 bits per heavy atom. The Labute approximate surface area is 100 Å². The van der Waals surface area contributed by atoms with E-state index in [0.717, 1.165) is 17.7 Å². The van der Waals surface area contributed by atoms with Gasteiger partial charge in [-0.2, -0.15) is 11.8 Å². The van der Waals surface area contributed by atoms with Crippen molar-refractivity contribution < 1.29 is 9.50 Å². The summed E-state index contributed by atoms with van der Waals surface area (Å²) < 4.78 is 12.7. The van der Waals surface area contributed by atoms with Crippen LogP contribution in [0, 0.1) is 5.82 Å². The molecular weight excluding hydrogens is 223 g/mol. The first-order valence-electron chi connectivity index (χ1n) is 5.80. The van der Waals surface area contributed by atoms with E-state index in [-0.39, 0.29) is 11.9 Å². The van der Waals surface area contributed by atoms with Crippen molar-refractivity contribution in [3.8, 4) is 0 Å². The molecule has 1 heterocycles. The number of aliphatic hydroxyl groups is 1. The van der Waals surface area contributed by atoms with Crippen molar-refractivity contribution in [3.63, 3.8) is 0 Å². The number of thioether (sulfide) groups is 1. The predicted octanol–water partition coefficient (Wildman–Crippen LogP) is 3.01. The fourth-order valence-electron chi connectivity index (χ4n) is 2.06. The fourth-order valence-corrected chi connectivity index (χ4v) is 3.39. The maximum atomic E-state index is 12.7. The number of benzene rings is 1. The summed E-state index contributed by atoms with van der Waals surface area (Å²) in [7, 11) is 0. The largest absolute Gasteiger partial charge is 0.392 e. The van der Waals surface area contributed by atoms with Gasteiger partial charge in [-0.3, -0.25) is 0 Å². The minimum Gasteiger partial charge on any atom is -0.392 e. The van der Waals surface area contributed by atoms with Crippen LogP contribution < -0.4 is 0 Å². The van der Waals surface area contributed by atoms with Gasteiger partial charge in [-0.15, -0.1) is 0 Å². The molecule has 0 bridgehead atoms. The lowest BCUT2D eigenvalue weighted by Gasteiger charge is -2.26. The molecule has 0 amide bonds. The topological polar surface area (TPSA) is 20.2 Å². The van der Waals surface area contributed by atoms with Gasteiger partial charge in [-0.1, -0.05) is 18.6 Å². The Balaban J connectivity index is 1.90. The SMILES string of the molecule is OC(Cc1ccc(F)cc1)C1CCCCS1. The highest BCUT2D eigenvalue weighted by Crippen LogP contribution is 2.28. The lowest BCUT2D eigenvalue weighted by atomic mass is 10.0. The Bertz CT molecular complexity index is 319. The molecule has 0 aromatic heterocycles. The highest BCUT2D eigenvalue weighted by molar-refractivity contribution is 8.00. The molecule has 16 heavy (non-hydrogen) atoms. The van der Waals surface area contributed by atoms with Crippen LogP contribution in [0.25, 0.3) is 0 Å². The van der Waals surface area contributed by atoms with E-state index < -0.39 is 0 Å². The molecular formula is C13H17FOS. The van der Waals surface area contributed by atoms with Gasteiger partial charge >= 0.3 is 0 Å². The normalized spacial score (nSPS) is 23.0. The average Bonchev–Trinajstić information content (AvgIpc) is 2.33. The summed E-state index contributed by atoms with van der Waals surface area (Å²) in [5, 5.41) is 10.4. The van der Waals surface area contributed by atoms with E-state index in [1.165, 1.54) is 25.0 Å². The second kappa shape index (κ2) is 5.69. The standard InChI is InChI=1S/C13H17FOS/c14-11-6-4-10(5-7-11)9-12(15)13-3-1-2-8-16-13/h4-7,12-13,15H,1-3,8-9H2. The number of hydrogen-bond donors (Lipinski definition) is 1. The van der Waals surface area contributed by atoms with Crippen LogP contribution in [0.4, 0.5) is 4.39 Å². The summed E-state index contributed by atoms with van der Waals surface area (Å²) in [5.41, 5.74) is 1.01. The van der Waals surface area contributed by atoms with E-state index in [0.29, 0.717) is 11.7 Å². The summed E-state index contributed by atoms with van der Waals surface area (Å²) in [6.07, 6.45) is 3.93. The molecule has 0 radical (unpaired) electrons. The van der Waals surface area contributed by atoms with Gasteiger partial charge in [0.1, 0.15) is 5.82 Å². The summed E-state index contributed by atoms with van der Waals surface area (Å²) in [6.45, 7) is 0. The second-order valence-electron chi connectivity index (χ2n) is 4.30. The average molecular weight is 240 g/mol. The zero-order valence-electron chi connectivity index (χ0n) is 9.23. The lowest BCUT2D eigenvalue weighted by Crippen LogP contribution is -2.27. The van der Waals surface area contributed by atoms with Crippen molar-refractivity contribution in [2.75, 3.05) is 5.75 Å². The molecule has 1 nitrogen and oxygen atoms in total. The van der Waals surface area contributed by atoms with Crippen molar-refractivity contribution in [2.24, 2.45) is 0 Å². The Morgan fingerprint density at radius 1 is 1.31 bits per heavy atom. The monoisotopic (exact) mass is 240 g/mol. The van der Waals surface area contributed by atoms with Crippen LogP contribution >= 0.6 is 11.8 Å². The van der Waals surface area contributed by atoms with Gasteiger partial charge in [0, 0.05) is 5.25 Å². The summed E-state index contributed by atoms with van der Waals surface area (Å²) in [6, 6.07) is 6.42. The third-order valence-electron chi connectivity index (χ3n) is 3.00. The Hall–Kier alpha value is -0.540. The van der Waals surface area contributed by atoms with E-state index >= 15 is 0 Å². The van der Waals surface area contributed by atoms with Gasteiger partial charge in [0.2, 0.25) is 0 Å².